The first kappa shape index (κ1) is 26.4. The number of alkyl halides is 3. The van der Waals surface area contributed by atoms with Gasteiger partial charge in [-0.2, -0.15) is 13.2 Å². The maximum Gasteiger partial charge on any atom is 0.432 e. The van der Waals surface area contributed by atoms with Crippen molar-refractivity contribution < 1.29 is 37.0 Å². The molecular weight excluding hydrogens is 437 g/mol. The highest BCUT2D eigenvalue weighted by Crippen LogP contribution is 2.43. The fourth-order valence-corrected chi connectivity index (χ4v) is 3.68. The van der Waals surface area contributed by atoms with Crippen molar-refractivity contribution in [2.45, 2.75) is 56.9 Å². The van der Waals surface area contributed by atoms with Crippen LogP contribution in [0.1, 0.15) is 44.6 Å². The normalized spacial score (nSPS) is 16.7. The monoisotopic (exact) mass is 466 g/mol. The Balaban J connectivity index is 2.43. The number of unbranched alkanes of at least 4 members (excludes halogenated alkanes) is 2. The van der Waals surface area contributed by atoms with E-state index in [1.54, 1.807) is 30.4 Å². The number of halogens is 3. The van der Waals surface area contributed by atoms with Gasteiger partial charge in [0.15, 0.2) is 0 Å². The van der Waals surface area contributed by atoms with Gasteiger partial charge in [0.2, 0.25) is 0 Å². The molecule has 33 heavy (non-hydrogen) atoms. The lowest BCUT2D eigenvalue weighted by atomic mass is 9.92. The minimum Gasteiger partial charge on any atom is -0.466 e. The van der Waals surface area contributed by atoms with Gasteiger partial charge in [0.1, 0.15) is 6.10 Å². The highest BCUT2D eigenvalue weighted by molar-refractivity contribution is 5.89. The molecule has 8 heteroatoms. The number of hydrogen-bond acceptors (Lipinski definition) is 5. The summed E-state index contributed by atoms with van der Waals surface area (Å²) < 4.78 is 58.0. The van der Waals surface area contributed by atoms with Crippen LogP contribution >= 0.6 is 0 Å². The Kier molecular flexibility index (Phi) is 9.46. The second kappa shape index (κ2) is 11.8. The molecule has 1 aromatic rings. The molecule has 5 nitrogen and oxygen atoms in total. The van der Waals surface area contributed by atoms with Crippen molar-refractivity contribution >= 4 is 11.9 Å². The van der Waals surface area contributed by atoms with Gasteiger partial charge in [0, 0.05) is 24.7 Å². The van der Waals surface area contributed by atoms with Gasteiger partial charge in [0.25, 0.3) is 5.60 Å². The number of carbonyl (C=O) groups excluding carboxylic acids is 2. The summed E-state index contributed by atoms with van der Waals surface area (Å²) in [6.07, 6.45) is 3.17. The van der Waals surface area contributed by atoms with E-state index in [1.807, 2.05) is 6.92 Å². The lowest BCUT2D eigenvalue weighted by molar-refractivity contribution is -0.277. The second-order valence-electron chi connectivity index (χ2n) is 7.63. The molecule has 1 aromatic carbocycles. The predicted octanol–water partition coefficient (Wildman–Crippen LogP) is 5.57. The minimum atomic E-state index is -5.07. The number of allylic oxidation sites excluding steroid dienone is 4. The van der Waals surface area contributed by atoms with Gasteiger partial charge >= 0.3 is 18.1 Å². The van der Waals surface area contributed by atoms with Gasteiger partial charge in [0.05, 0.1) is 7.11 Å². The van der Waals surface area contributed by atoms with Gasteiger partial charge in [-0.1, -0.05) is 74.4 Å². The van der Waals surface area contributed by atoms with Gasteiger partial charge in [-0.25, -0.2) is 9.59 Å². The van der Waals surface area contributed by atoms with Crippen LogP contribution in [0.5, 0.6) is 0 Å². The van der Waals surface area contributed by atoms with Crippen LogP contribution < -0.4 is 0 Å². The topological polar surface area (TPSA) is 61.8 Å². The SMILES string of the molecule is CCCCC[C@H](OC(=O)[C@@](OC)(c1ccccc1)C(F)(F)F)C1=CC=CC=C(C(=O)OC)C1. The average Bonchev–Trinajstić information content (AvgIpc) is 3.05. The van der Waals surface area contributed by atoms with Crippen molar-refractivity contribution in [3.8, 4) is 0 Å². The average molecular weight is 466 g/mol. The zero-order valence-corrected chi connectivity index (χ0v) is 19.0. The van der Waals surface area contributed by atoms with E-state index >= 15 is 0 Å². The van der Waals surface area contributed by atoms with E-state index in [1.165, 1.54) is 31.4 Å². The number of rotatable bonds is 10. The molecule has 0 aliphatic heterocycles. The molecule has 0 saturated carbocycles. The van der Waals surface area contributed by atoms with Crippen molar-refractivity contribution in [3.05, 3.63) is 71.3 Å². The molecule has 0 spiro atoms. The first-order chi connectivity index (χ1) is 15.7. The molecule has 1 aliphatic rings. The number of methoxy groups -OCH3 is 2. The van der Waals surface area contributed by atoms with Crippen LogP contribution in [0.15, 0.2) is 65.8 Å². The first-order valence-electron chi connectivity index (χ1n) is 10.7. The largest absolute Gasteiger partial charge is 0.466 e. The van der Waals surface area contributed by atoms with Crippen LogP contribution in [0, 0.1) is 0 Å². The lowest BCUT2D eigenvalue weighted by Crippen LogP contribution is -2.52. The number of hydrogen-bond donors (Lipinski definition) is 0. The summed E-state index contributed by atoms with van der Waals surface area (Å²) in [7, 11) is 2.08. The summed E-state index contributed by atoms with van der Waals surface area (Å²) in [5, 5.41) is 0. The van der Waals surface area contributed by atoms with E-state index in [4.69, 9.17) is 14.2 Å². The maximum atomic E-state index is 14.3. The van der Waals surface area contributed by atoms with Crippen LogP contribution in [0.3, 0.4) is 0 Å². The zero-order valence-electron chi connectivity index (χ0n) is 19.0. The summed E-state index contributed by atoms with van der Waals surface area (Å²) >= 11 is 0. The Labute approximate surface area is 191 Å². The molecule has 2 atom stereocenters. The number of esters is 2. The molecule has 0 N–H and O–H groups in total. The Bertz CT molecular complexity index is 902. The highest BCUT2D eigenvalue weighted by Gasteiger charge is 2.64. The molecule has 0 fully saturated rings. The fraction of sp³-hybridized carbons (Fsp3) is 0.440. The predicted molar refractivity (Wildman–Crippen MR) is 117 cm³/mol. The Hall–Kier alpha value is -2.87. The third kappa shape index (κ3) is 6.13. The minimum absolute atomic E-state index is 0.0844. The van der Waals surface area contributed by atoms with Gasteiger partial charge in [-0.05, 0) is 18.4 Å². The number of ether oxygens (including phenoxy) is 3. The highest BCUT2D eigenvalue weighted by atomic mass is 19.4. The van der Waals surface area contributed by atoms with E-state index < -0.39 is 29.8 Å². The molecule has 2 rings (SSSR count). The van der Waals surface area contributed by atoms with Crippen molar-refractivity contribution in [1.82, 2.24) is 0 Å². The van der Waals surface area contributed by atoms with Crippen LogP contribution in [0.4, 0.5) is 13.2 Å². The fourth-order valence-electron chi connectivity index (χ4n) is 3.68. The zero-order chi connectivity index (χ0) is 24.5. The van der Waals surface area contributed by atoms with E-state index in [-0.39, 0.29) is 12.0 Å². The van der Waals surface area contributed by atoms with Crippen LogP contribution in [-0.4, -0.2) is 38.4 Å². The molecule has 0 bridgehead atoms. The maximum absolute atomic E-state index is 14.3. The quantitative estimate of drug-likeness (QED) is 0.333. The lowest BCUT2D eigenvalue weighted by Gasteiger charge is -2.34. The van der Waals surface area contributed by atoms with E-state index in [0.29, 0.717) is 24.0 Å². The van der Waals surface area contributed by atoms with Crippen molar-refractivity contribution in [2.75, 3.05) is 14.2 Å². The third-order valence-corrected chi connectivity index (χ3v) is 5.47. The van der Waals surface area contributed by atoms with Crippen molar-refractivity contribution in [3.63, 3.8) is 0 Å². The van der Waals surface area contributed by atoms with E-state index in [0.717, 1.165) is 20.0 Å². The van der Waals surface area contributed by atoms with E-state index in [2.05, 4.69) is 0 Å². The molecule has 0 heterocycles. The molecule has 0 saturated heterocycles. The van der Waals surface area contributed by atoms with Gasteiger partial charge < -0.3 is 14.2 Å². The number of benzene rings is 1. The Morgan fingerprint density at radius 1 is 1.03 bits per heavy atom. The Morgan fingerprint density at radius 2 is 1.70 bits per heavy atom. The summed E-state index contributed by atoms with van der Waals surface area (Å²) in [4.78, 5) is 25.2. The van der Waals surface area contributed by atoms with E-state index in [9.17, 15) is 22.8 Å². The van der Waals surface area contributed by atoms with Crippen LogP contribution in [0.25, 0.3) is 0 Å². The first-order valence-corrected chi connectivity index (χ1v) is 10.7. The molecular formula is C25H29F3O5. The van der Waals surface area contributed by atoms with Gasteiger partial charge in [-0.15, -0.1) is 0 Å². The smallest absolute Gasteiger partial charge is 0.432 e. The summed E-state index contributed by atoms with van der Waals surface area (Å²) in [6.45, 7) is 1.99. The van der Waals surface area contributed by atoms with Crippen LogP contribution in [0.2, 0.25) is 0 Å². The van der Waals surface area contributed by atoms with Crippen LogP contribution in [-0.2, 0) is 29.4 Å². The molecule has 0 radical (unpaired) electrons. The summed E-state index contributed by atoms with van der Waals surface area (Å²) in [5.74, 6) is -2.11. The standard InChI is InChI=1S/C25H29F3O5/c1-4-5-7-16-21(18-12-10-11-13-19(17-18)22(29)31-2)33-23(30)24(32-3,25(26,27)28)20-14-8-6-9-15-20/h6,8-15,21H,4-5,7,16-17H2,1-3H3/t21-,24-/m0/s1. The molecule has 0 amide bonds. The molecule has 0 aromatic heterocycles. The molecule has 1 aliphatic carbocycles. The Morgan fingerprint density at radius 3 is 2.27 bits per heavy atom. The molecule has 0 unspecified atom stereocenters. The molecule has 180 valence electrons. The second-order valence-corrected chi connectivity index (χ2v) is 7.63. The number of carbonyl (C=O) groups is 2. The van der Waals surface area contributed by atoms with Crippen molar-refractivity contribution in [2.24, 2.45) is 0 Å². The third-order valence-electron chi connectivity index (χ3n) is 5.47. The van der Waals surface area contributed by atoms with Crippen molar-refractivity contribution in [1.29, 1.82) is 0 Å². The van der Waals surface area contributed by atoms with Gasteiger partial charge in [-0.3, -0.25) is 0 Å². The summed E-state index contributed by atoms with van der Waals surface area (Å²) in [6, 6.07) is 6.69. The summed E-state index contributed by atoms with van der Waals surface area (Å²) in [5.41, 5.74) is -2.84.